The van der Waals surface area contributed by atoms with Crippen molar-refractivity contribution in [1.82, 2.24) is 19.7 Å². The molecule has 12 heteroatoms. The van der Waals surface area contributed by atoms with E-state index in [2.05, 4.69) is 10.2 Å². The van der Waals surface area contributed by atoms with E-state index in [-0.39, 0.29) is 50.5 Å². The molecule has 0 saturated heterocycles. The molecule has 3 N–H and O–H groups in total. The summed E-state index contributed by atoms with van der Waals surface area (Å²) >= 11 is 12.4. The fourth-order valence-corrected chi connectivity index (χ4v) is 5.32. The first-order valence-electron chi connectivity index (χ1n) is 12.1. The summed E-state index contributed by atoms with van der Waals surface area (Å²) in [5.41, 5.74) is 6.63. The fourth-order valence-electron chi connectivity index (χ4n) is 4.99. The monoisotopic (exact) mass is 561 g/mol. The Morgan fingerprint density at radius 1 is 1.08 bits per heavy atom. The van der Waals surface area contributed by atoms with Crippen LogP contribution in [0.4, 0.5) is 14.8 Å². The highest BCUT2D eigenvalue weighted by Crippen LogP contribution is 2.43. The molecule has 198 valence electrons. The number of nitrogens with zero attached hydrogens (tertiary/aromatic N) is 4. The molecule has 4 aromatic rings. The molecule has 1 aliphatic carbocycles. The van der Waals surface area contributed by atoms with E-state index >= 15 is 4.39 Å². The van der Waals surface area contributed by atoms with Crippen molar-refractivity contribution in [3.8, 4) is 28.5 Å². The lowest BCUT2D eigenvalue weighted by molar-refractivity contribution is -0.136. The average molecular weight is 562 g/mol. The number of carbonyl (C=O) groups is 1. The normalized spacial score (nSPS) is 14.5. The summed E-state index contributed by atoms with van der Waals surface area (Å²) in [5, 5.41) is 17.0. The predicted molar refractivity (Wildman–Crippen MR) is 138 cm³/mol. The Kier molecular flexibility index (Phi) is 7.36. The number of hydrogen-bond donors (Lipinski definition) is 2. The van der Waals surface area contributed by atoms with Crippen LogP contribution in [0.3, 0.4) is 0 Å². The van der Waals surface area contributed by atoms with E-state index in [1.54, 1.807) is 4.57 Å². The Hall–Kier alpha value is -3.50. The summed E-state index contributed by atoms with van der Waals surface area (Å²) in [4.78, 5) is 16.6. The van der Waals surface area contributed by atoms with Gasteiger partial charge in [-0.25, -0.2) is 13.8 Å². The summed E-state index contributed by atoms with van der Waals surface area (Å²) in [5.74, 6) is -2.27. The van der Waals surface area contributed by atoms with Crippen molar-refractivity contribution in [3.63, 3.8) is 0 Å². The number of imidazole rings is 1. The zero-order chi connectivity index (χ0) is 27.0. The highest BCUT2D eigenvalue weighted by molar-refractivity contribution is 6.31. The average Bonchev–Trinajstić information content (AvgIpc) is 3.37. The second-order valence-electron chi connectivity index (χ2n) is 9.21. The number of aromatic nitrogens is 4. The van der Waals surface area contributed by atoms with Crippen molar-refractivity contribution in [3.05, 3.63) is 63.4 Å². The molecule has 0 radical (unpaired) electrons. The van der Waals surface area contributed by atoms with Crippen LogP contribution in [0.5, 0.6) is 0 Å². The number of halogens is 4. The van der Waals surface area contributed by atoms with Gasteiger partial charge in [-0.3, -0.25) is 9.36 Å². The maximum Gasteiger partial charge on any atom is 0.313 e. The van der Waals surface area contributed by atoms with Crippen LogP contribution < -0.4 is 5.73 Å². The molecule has 8 nitrogen and oxygen atoms in total. The Morgan fingerprint density at radius 3 is 2.45 bits per heavy atom. The van der Waals surface area contributed by atoms with Crippen LogP contribution in [0.25, 0.3) is 28.5 Å². The van der Waals surface area contributed by atoms with E-state index in [9.17, 15) is 14.3 Å². The highest BCUT2D eigenvalue weighted by atomic mass is 35.5. The Morgan fingerprint density at radius 2 is 1.82 bits per heavy atom. The van der Waals surface area contributed by atoms with Gasteiger partial charge in [-0.1, -0.05) is 60.1 Å². The fraction of sp³-hybridized carbons (Fsp3) is 0.308. The first-order valence-corrected chi connectivity index (χ1v) is 12.9. The standard InChI is InChI=1S/C26H23Cl2F2N5O3/c27-16-9-7-15(12-19(36)37)22(20(16)30)35-23(14-8-10-18(29)17(28)11-14)21(25-33-34-26(31)38-25)32-24(35)13-5-3-1-2-4-6-13/h7-11,13H,1-6,12H2,(H2,31,34)(H,36,37). The summed E-state index contributed by atoms with van der Waals surface area (Å²) in [6.07, 6.45) is 5.08. The lowest BCUT2D eigenvalue weighted by atomic mass is 9.98. The third-order valence-corrected chi connectivity index (χ3v) is 7.26. The molecule has 2 aromatic heterocycles. The quantitative estimate of drug-likeness (QED) is 0.248. The summed E-state index contributed by atoms with van der Waals surface area (Å²) < 4.78 is 37.2. The maximum atomic E-state index is 15.9. The van der Waals surface area contributed by atoms with Crippen LogP contribution in [0.1, 0.15) is 55.8 Å². The second-order valence-corrected chi connectivity index (χ2v) is 10.0. The molecule has 0 amide bonds. The van der Waals surface area contributed by atoms with Crippen molar-refractivity contribution in [1.29, 1.82) is 0 Å². The first-order chi connectivity index (χ1) is 18.2. The largest absolute Gasteiger partial charge is 0.481 e. The molecule has 0 unspecified atom stereocenters. The van der Waals surface area contributed by atoms with Gasteiger partial charge >= 0.3 is 12.0 Å². The number of rotatable bonds is 6. The maximum absolute atomic E-state index is 15.9. The van der Waals surface area contributed by atoms with Crippen LogP contribution in [0, 0.1) is 11.6 Å². The molecule has 0 aliphatic heterocycles. The van der Waals surface area contributed by atoms with E-state index in [1.165, 1.54) is 30.3 Å². The molecular formula is C26H23Cl2F2N5O3. The molecule has 1 fully saturated rings. The van der Waals surface area contributed by atoms with Gasteiger partial charge in [0.15, 0.2) is 11.5 Å². The number of benzene rings is 2. The Bertz CT molecular complexity index is 1510. The van der Waals surface area contributed by atoms with Gasteiger partial charge in [0.1, 0.15) is 11.6 Å². The molecule has 1 aliphatic rings. The van der Waals surface area contributed by atoms with E-state index < -0.39 is 24.0 Å². The third kappa shape index (κ3) is 4.98. The number of nitrogen functional groups attached to an aromatic ring is 1. The van der Waals surface area contributed by atoms with Gasteiger partial charge in [0.05, 0.1) is 27.8 Å². The smallest absolute Gasteiger partial charge is 0.313 e. The third-order valence-electron chi connectivity index (χ3n) is 6.68. The zero-order valence-corrected chi connectivity index (χ0v) is 21.6. The van der Waals surface area contributed by atoms with Gasteiger partial charge in [-0.05, 0) is 42.7 Å². The van der Waals surface area contributed by atoms with Crippen LogP contribution in [0.2, 0.25) is 10.0 Å². The minimum atomic E-state index is -1.15. The van der Waals surface area contributed by atoms with Gasteiger partial charge in [0, 0.05) is 11.5 Å². The van der Waals surface area contributed by atoms with E-state index in [1.807, 2.05) is 0 Å². The summed E-state index contributed by atoms with van der Waals surface area (Å²) in [7, 11) is 0. The van der Waals surface area contributed by atoms with Crippen molar-refractivity contribution >= 4 is 35.2 Å². The number of anilines is 1. The van der Waals surface area contributed by atoms with Crippen LogP contribution in [-0.2, 0) is 11.2 Å². The second kappa shape index (κ2) is 10.7. The van der Waals surface area contributed by atoms with Gasteiger partial charge in [0.25, 0.3) is 5.89 Å². The van der Waals surface area contributed by atoms with Crippen LogP contribution in [0.15, 0.2) is 34.7 Å². The van der Waals surface area contributed by atoms with Crippen molar-refractivity contribution in [2.45, 2.75) is 50.9 Å². The summed E-state index contributed by atoms with van der Waals surface area (Å²) in [6, 6.07) is 6.61. The molecule has 0 spiro atoms. The number of aliphatic carboxylic acids is 1. The summed E-state index contributed by atoms with van der Waals surface area (Å²) in [6.45, 7) is 0. The topological polar surface area (TPSA) is 120 Å². The van der Waals surface area contributed by atoms with Gasteiger partial charge in [0.2, 0.25) is 0 Å². The van der Waals surface area contributed by atoms with Crippen LogP contribution in [-0.4, -0.2) is 30.8 Å². The molecule has 5 rings (SSSR count). The number of carboxylic acid groups (broad SMARTS) is 1. The van der Waals surface area contributed by atoms with E-state index in [0.717, 1.165) is 38.5 Å². The Labute approximate surface area is 226 Å². The molecule has 2 heterocycles. The molecule has 2 aromatic carbocycles. The number of hydrogen-bond acceptors (Lipinski definition) is 6. The highest BCUT2D eigenvalue weighted by Gasteiger charge is 2.32. The van der Waals surface area contributed by atoms with Gasteiger partial charge in [-0.2, -0.15) is 0 Å². The SMILES string of the molecule is Nc1nnc(-c2nc(C3CCCCCC3)n(-c3c(CC(=O)O)ccc(Cl)c3F)c2-c2ccc(F)c(Cl)c2)o1. The minimum Gasteiger partial charge on any atom is -0.481 e. The van der Waals surface area contributed by atoms with Crippen molar-refractivity contribution in [2.24, 2.45) is 0 Å². The van der Waals surface area contributed by atoms with Gasteiger partial charge < -0.3 is 15.3 Å². The first kappa shape index (κ1) is 26.1. The number of carboxylic acids is 1. The molecule has 0 atom stereocenters. The number of nitrogens with two attached hydrogens (primary N) is 1. The Balaban J connectivity index is 1.91. The molecule has 38 heavy (non-hydrogen) atoms. The zero-order valence-electron chi connectivity index (χ0n) is 20.1. The predicted octanol–water partition coefficient (Wildman–Crippen LogP) is 6.82. The van der Waals surface area contributed by atoms with E-state index in [4.69, 9.17) is 38.3 Å². The molecule has 1 saturated carbocycles. The lowest BCUT2D eigenvalue weighted by Crippen LogP contribution is -2.14. The van der Waals surface area contributed by atoms with Gasteiger partial charge in [-0.15, -0.1) is 5.10 Å². The lowest BCUT2D eigenvalue weighted by Gasteiger charge is -2.21. The van der Waals surface area contributed by atoms with Crippen molar-refractivity contribution in [2.75, 3.05) is 5.73 Å². The van der Waals surface area contributed by atoms with E-state index in [0.29, 0.717) is 11.4 Å². The minimum absolute atomic E-state index is 0.0335. The van der Waals surface area contributed by atoms with Crippen molar-refractivity contribution < 1.29 is 23.1 Å². The molecular weight excluding hydrogens is 539 g/mol. The molecule has 0 bridgehead atoms. The van der Waals surface area contributed by atoms with Crippen LogP contribution >= 0.6 is 23.2 Å².